The molecule has 106 valence electrons. The number of nitrogens with zero attached hydrogens (tertiary/aromatic N) is 1. The van der Waals surface area contributed by atoms with Gasteiger partial charge in [-0.25, -0.2) is 0 Å². The first kappa shape index (κ1) is 14.0. The summed E-state index contributed by atoms with van der Waals surface area (Å²) in [7, 11) is 0. The molecule has 1 N–H and O–H groups in total. The number of hydrogen-bond acceptors (Lipinski definition) is 3. The van der Waals surface area contributed by atoms with Crippen LogP contribution in [0, 0.1) is 6.92 Å². The number of aromatic nitrogens is 1. The molecule has 1 aromatic carbocycles. The van der Waals surface area contributed by atoms with E-state index in [1.807, 2.05) is 48.0 Å². The summed E-state index contributed by atoms with van der Waals surface area (Å²) < 4.78 is 1.91. The molecule has 0 unspecified atom stereocenters. The number of thioether (sulfide) groups is 1. The van der Waals surface area contributed by atoms with E-state index in [0.29, 0.717) is 9.93 Å². The summed E-state index contributed by atoms with van der Waals surface area (Å²) in [6, 6.07) is 9.51. The van der Waals surface area contributed by atoms with Gasteiger partial charge in [0.1, 0.15) is 0 Å². The lowest BCUT2D eigenvalue weighted by atomic mass is 10.2. The van der Waals surface area contributed by atoms with Crippen LogP contribution in [0.15, 0.2) is 41.4 Å². The number of halogens is 1. The van der Waals surface area contributed by atoms with Crippen LogP contribution in [0.1, 0.15) is 11.3 Å². The van der Waals surface area contributed by atoms with Crippen molar-refractivity contribution in [3.63, 3.8) is 0 Å². The minimum absolute atomic E-state index is 0.345. The molecule has 1 fully saturated rings. The van der Waals surface area contributed by atoms with Crippen LogP contribution in [0.3, 0.4) is 0 Å². The van der Waals surface area contributed by atoms with Gasteiger partial charge in [-0.1, -0.05) is 17.7 Å². The van der Waals surface area contributed by atoms with Crippen molar-refractivity contribution in [2.24, 2.45) is 0 Å². The maximum atomic E-state index is 11.6. The predicted molar refractivity (Wildman–Crippen MR) is 84.6 cm³/mol. The molecule has 0 saturated carbocycles. The van der Waals surface area contributed by atoms with Gasteiger partial charge in [-0.15, -0.1) is 0 Å². The van der Waals surface area contributed by atoms with Gasteiger partial charge in [-0.3, -0.25) is 14.9 Å². The van der Waals surface area contributed by atoms with Gasteiger partial charge >= 0.3 is 0 Å². The Hall–Kier alpha value is -1.98. The molecular weight excluding hydrogens is 308 g/mol. The third-order valence-corrected chi connectivity index (χ3v) is 4.35. The molecule has 1 aliphatic heterocycles. The molecule has 1 aliphatic rings. The van der Waals surface area contributed by atoms with Gasteiger partial charge in [0.2, 0.25) is 0 Å². The normalized spacial score (nSPS) is 16.6. The molecule has 21 heavy (non-hydrogen) atoms. The van der Waals surface area contributed by atoms with Crippen molar-refractivity contribution < 1.29 is 9.59 Å². The van der Waals surface area contributed by atoms with E-state index in [2.05, 4.69) is 5.32 Å². The molecular formula is C15H11ClN2O2S. The molecule has 0 radical (unpaired) electrons. The van der Waals surface area contributed by atoms with Gasteiger partial charge < -0.3 is 4.57 Å². The van der Waals surface area contributed by atoms with Crippen LogP contribution >= 0.6 is 23.4 Å². The number of hydrogen-bond donors (Lipinski definition) is 1. The number of benzene rings is 1. The number of rotatable bonds is 2. The quantitative estimate of drug-likeness (QED) is 0.858. The summed E-state index contributed by atoms with van der Waals surface area (Å²) >= 11 is 7.06. The molecule has 1 aromatic heterocycles. The Bertz CT molecular complexity index is 780. The molecule has 0 spiro atoms. The molecule has 2 amide bonds. The lowest BCUT2D eigenvalue weighted by Gasteiger charge is -2.08. The Morgan fingerprint density at radius 3 is 2.76 bits per heavy atom. The van der Waals surface area contributed by atoms with Crippen molar-refractivity contribution >= 4 is 40.6 Å². The summed E-state index contributed by atoms with van der Waals surface area (Å²) in [5.41, 5.74) is 2.71. The topological polar surface area (TPSA) is 51.1 Å². The SMILES string of the molecule is Cc1ccc(-n2cccc2/C=C2/SC(=O)NC2=O)cc1Cl. The fraction of sp³-hybridized carbons (Fsp3) is 0.0667. The van der Waals surface area contributed by atoms with E-state index in [4.69, 9.17) is 11.6 Å². The fourth-order valence-corrected chi connectivity index (χ4v) is 2.88. The highest BCUT2D eigenvalue weighted by Crippen LogP contribution is 2.27. The Labute approximate surface area is 130 Å². The van der Waals surface area contributed by atoms with Gasteiger partial charge in [0, 0.05) is 22.6 Å². The second kappa shape index (κ2) is 5.42. The zero-order valence-corrected chi connectivity index (χ0v) is 12.7. The Morgan fingerprint density at radius 1 is 1.29 bits per heavy atom. The number of amides is 2. The number of carbonyl (C=O) groups excluding carboxylic acids is 2. The minimum atomic E-state index is -0.361. The van der Waals surface area contributed by atoms with Crippen molar-refractivity contribution in [2.75, 3.05) is 0 Å². The molecule has 1 saturated heterocycles. The van der Waals surface area contributed by atoms with Crippen molar-refractivity contribution in [2.45, 2.75) is 6.92 Å². The van der Waals surface area contributed by atoms with E-state index in [1.54, 1.807) is 6.08 Å². The van der Waals surface area contributed by atoms with Gasteiger partial charge in [-0.05, 0) is 54.6 Å². The predicted octanol–water partition coefficient (Wildman–Crippen LogP) is 3.76. The number of imide groups is 1. The van der Waals surface area contributed by atoms with Crippen molar-refractivity contribution in [1.82, 2.24) is 9.88 Å². The second-order valence-corrected chi connectivity index (χ2v) is 6.01. The largest absolute Gasteiger partial charge is 0.317 e. The summed E-state index contributed by atoms with van der Waals surface area (Å²) in [6.07, 6.45) is 3.57. The van der Waals surface area contributed by atoms with E-state index in [1.165, 1.54) is 0 Å². The van der Waals surface area contributed by atoms with Crippen LogP contribution in [0.2, 0.25) is 5.02 Å². The van der Waals surface area contributed by atoms with Crippen LogP contribution in [-0.4, -0.2) is 15.7 Å². The molecule has 2 aromatic rings. The van der Waals surface area contributed by atoms with Gasteiger partial charge in [0.25, 0.3) is 11.1 Å². The van der Waals surface area contributed by atoms with Crippen LogP contribution in [0.25, 0.3) is 11.8 Å². The highest BCUT2D eigenvalue weighted by molar-refractivity contribution is 8.18. The van der Waals surface area contributed by atoms with Crippen LogP contribution in [-0.2, 0) is 4.79 Å². The van der Waals surface area contributed by atoms with E-state index in [-0.39, 0.29) is 11.1 Å². The summed E-state index contributed by atoms with van der Waals surface area (Å²) in [6.45, 7) is 1.94. The Balaban J connectivity index is 2.01. The zero-order chi connectivity index (χ0) is 15.0. The van der Waals surface area contributed by atoms with E-state index >= 15 is 0 Å². The van der Waals surface area contributed by atoms with Crippen LogP contribution in [0.4, 0.5) is 4.79 Å². The lowest BCUT2D eigenvalue weighted by molar-refractivity contribution is -0.115. The fourth-order valence-electron chi connectivity index (χ4n) is 2.03. The third-order valence-electron chi connectivity index (χ3n) is 3.13. The van der Waals surface area contributed by atoms with Crippen molar-refractivity contribution in [3.8, 4) is 5.69 Å². The van der Waals surface area contributed by atoms with Crippen LogP contribution < -0.4 is 5.32 Å². The van der Waals surface area contributed by atoms with E-state index in [9.17, 15) is 9.59 Å². The van der Waals surface area contributed by atoms with E-state index in [0.717, 1.165) is 28.7 Å². The Kier molecular flexibility index (Phi) is 3.61. The highest BCUT2D eigenvalue weighted by atomic mass is 35.5. The van der Waals surface area contributed by atoms with Gasteiger partial charge in [0.05, 0.1) is 4.91 Å². The first-order valence-electron chi connectivity index (χ1n) is 6.23. The summed E-state index contributed by atoms with van der Waals surface area (Å²) in [5, 5.41) is 2.58. The molecule has 0 bridgehead atoms. The minimum Gasteiger partial charge on any atom is -0.317 e. The average Bonchev–Trinajstić information content (AvgIpc) is 3.01. The summed E-state index contributed by atoms with van der Waals surface area (Å²) in [4.78, 5) is 23.2. The maximum absolute atomic E-state index is 11.6. The standard InChI is InChI=1S/C15H11ClN2O2S/c1-9-4-5-11(7-12(9)16)18-6-2-3-10(18)8-13-14(19)17-15(20)21-13/h2-8H,1H3,(H,17,19,20)/b13-8+. The number of carbonyl (C=O) groups is 2. The van der Waals surface area contributed by atoms with Crippen molar-refractivity contribution in [1.29, 1.82) is 0 Å². The molecule has 0 atom stereocenters. The molecule has 6 heteroatoms. The maximum Gasteiger partial charge on any atom is 0.290 e. The second-order valence-electron chi connectivity index (χ2n) is 4.59. The first-order chi connectivity index (χ1) is 10.0. The molecule has 3 rings (SSSR count). The molecule has 2 heterocycles. The summed E-state index contributed by atoms with van der Waals surface area (Å²) in [5.74, 6) is -0.361. The van der Waals surface area contributed by atoms with E-state index < -0.39 is 0 Å². The number of aryl methyl sites for hydroxylation is 1. The zero-order valence-electron chi connectivity index (χ0n) is 11.1. The van der Waals surface area contributed by atoms with Crippen molar-refractivity contribution in [3.05, 3.63) is 57.7 Å². The average molecular weight is 319 g/mol. The van der Waals surface area contributed by atoms with Gasteiger partial charge in [-0.2, -0.15) is 0 Å². The lowest BCUT2D eigenvalue weighted by Crippen LogP contribution is -2.17. The first-order valence-corrected chi connectivity index (χ1v) is 7.43. The third kappa shape index (κ3) is 2.75. The Morgan fingerprint density at radius 2 is 2.10 bits per heavy atom. The highest BCUT2D eigenvalue weighted by Gasteiger charge is 2.25. The monoisotopic (exact) mass is 318 g/mol. The van der Waals surface area contributed by atoms with Crippen LogP contribution in [0.5, 0.6) is 0 Å². The molecule has 0 aliphatic carbocycles. The molecule has 4 nitrogen and oxygen atoms in total. The van der Waals surface area contributed by atoms with Gasteiger partial charge in [0.15, 0.2) is 0 Å². The smallest absolute Gasteiger partial charge is 0.290 e. The number of nitrogens with one attached hydrogen (secondary N) is 1.